The van der Waals surface area contributed by atoms with E-state index in [0.29, 0.717) is 16.8 Å². The Balaban J connectivity index is 1.93. The number of hydrogen-bond donors (Lipinski definition) is 0. The Hall–Kier alpha value is -4.07. The van der Waals surface area contributed by atoms with Gasteiger partial charge in [-0.25, -0.2) is 18.7 Å². The van der Waals surface area contributed by atoms with Crippen molar-refractivity contribution in [3.8, 4) is 17.0 Å². The fourth-order valence-electron chi connectivity index (χ4n) is 3.12. The molecule has 0 fully saturated rings. The van der Waals surface area contributed by atoms with Gasteiger partial charge < -0.3 is 9.47 Å². The van der Waals surface area contributed by atoms with Crippen LogP contribution in [0.3, 0.4) is 0 Å². The average Bonchev–Trinajstić information content (AvgIpc) is 3.16. The molecule has 0 unspecified atom stereocenters. The summed E-state index contributed by atoms with van der Waals surface area (Å²) in [5.41, 5.74) is 1.50. The van der Waals surface area contributed by atoms with Crippen LogP contribution in [0.1, 0.15) is 26.5 Å². The van der Waals surface area contributed by atoms with Gasteiger partial charge in [-0.1, -0.05) is 18.2 Å². The maximum atomic E-state index is 13.9. The van der Waals surface area contributed by atoms with Crippen molar-refractivity contribution in [1.29, 1.82) is 0 Å². The van der Waals surface area contributed by atoms with E-state index in [1.807, 2.05) is 0 Å². The lowest BCUT2D eigenvalue weighted by atomic mass is 10.0. The number of ketones is 1. The minimum Gasteiger partial charge on any atom is -0.495 e. The second-order valence-electron chi connectivity index (χ2n) is 6.36. The van der Waals surface area contributed by atoms with Gasteiger partial charge in [-0.3, -0.25) is 4.79 Å². The summed E-state index contributed by atoms with van der Waals surface area (Å²) in [4.78, 5) is 29.4. The van der Waals surface area contributed by atoms with Gasteiger partial charge in [-0.05, 0) is 36.4 Å². The fourth-order valence-corrected chi connectivity index (χ4v) is 3.12. The Morgan fingerprint density at radius 1 is 1.00 bits per heavy atom. The summed E-state index contributed by atoms with van der Waals surface area (Å²) in [6, 6.07) is 13.7. The molecule has 3 aromatic heterocycles. The second kappa shape index (κ2) is 7.75. The molecule has 30 heavy (non-hydrogen) atoms. The van der Waals surface area contributed by atoms with Crippen molar-refractivity contribution in [2.45, 2.75) is 0 Å². The topological polar surface area (TPSA) is 82.8 Å². The molecule has 1 aromatic carbocycles. The number of ether oxygens (including phenoxy) is 2. The molecule has 150 valence electrons. The largest absolute Gasteiger partial charge is 0.495 e. The number of carbonyl (C=O) groups is 2. The van der Waals surface area contributed by atoms with E-state index in [1.165, 1.54) is 43.0 Å². The predicted molar refractivity (Wildman–Crippen MR) is 106 cm³/mol. The highest BCUT2D eigenvalue weighted by molar-refractivity contribution is 6.16. The Bertz CT molecular complexity index is 1280. The number of nitrogens with zero attached hydrogens (tertiary/aromatic N) is 3. The van der Waals surface area contributed by atoms with Crippen LogP contribution in [0, 0.1) is 5.82 Å². The highest BCUT2D eigenvalue weighted by atomic mass is 19.1. The van der Waals surface area contributed by atoms with E-state index in [0.717, 1.165) is 0 Å². The summed E-state index contributed by atoms with van der Waals surface area (Å²) < 4.78 is 25.3. The van der Waals surface area contributed by atoms with Crippen molar-refractivity contribution in [3.63, 3.8) is 0 Å². The summed E-state index contributed by atoms with van der Waals surface area (Å²) in [6.45, 7) is 0. The molecule has 0 aliphatic rings. The molecule has 0 N–H and O–H groups in total. The standard InChI is InChI=1S/C22H16FN3O4/c1-29-15-9-10-18-19(21(27)16-7-4-8-17(24-16)22(28)30-2)20(25-26(18)12-15)13-5-3-6-14(23)11-13/h3-12H,1-2H3. The Morgan fingerprint density at radius 3 is 2.50 bits per heavy atom. The molecule has 0 atom stereocenters. The molecule has 0 saturated heterocycles. The molecule has 0 radical (unpaired) electrons. The molecule has 8 heteroatoms. The second-order valence-corrected chi connectivity index (χ2v) is 6.36. The van der Waals surface area contributed by atoms with Gasteiger partial charge in [-0.15, -0.1) is 0 Å². The molecular weight excluding hydrogens is 389 g/mol. The van der Waals surface area contributed by atoms with Crippen LogP contribution in [0.25, 0.3) is 16.8 Å². The number of aromatic nitrogens is 3. The van der Waals surface area contributed by atoms with Crippen molar-refractivity contribution in [1.82, 2.24) is 14.6 Å². The van der Waals surface area contributed by atoms with E-state index in [4.69, 9.17) is 4.74 Å². The van der Waals surface area contributed by atoms with Gasteiger partial charge in [0.05, 0.1) is 31.5 Å². The van der Waals surface area contributed by atoms with Crippen LogP contribution in [-0.2, 0) is 4.74 Å². The Labute approximate surface area is 170 Å². The number of methoxy groups -OCH3 is 2. The van der Waals surface area contributed by atoms with Gasteiger partial charge in [0.2, 0.25) is 5.78 Å². The van der Waals surface area contributed by atoms with Gasteiger partial charge in [0.25, 0.3) is 0 Å². The Kier molecular flexibility index (Phi) is 4.97. The summed E-state index contributed by atoms with van der Waals surface area (Å²) in [6.07, 6.45) is 1.62. The van der Waals surface area contributed by atoms with E-state index in [-0.39, 0.29) is 22.6 Å². The summed E-state index contributed by atoms with van der Waals surface area (Å²) in [7, 11) is 2.76. The molecule has 0 amide bonds. The lowest BCUT2D eigenvalue weighted by molar-refractivity contribution is 0.0594. The van der Waals surface area contributed by atoms with Crippen molar-refractivity contribution in [3.05, 3.63) is 83.6 Å². The molecule has 3 heterocycles. The lowest BCUT2D eigenvalue weighted by Crippen LogP contribution is -2.10. The van der Waals surface area contributed by atoms with E-state index >= 15 is 0 Å². The minimum atomic E-state index is -0.653. The zero-order valence-corrected chi connectivity index (χ0v) is 16.1. The van der Waals surface area contributed by atoms with E-state index < -0.39 is 17.6 Å². The molecule has 0 aliphatic heterocycles. The van der Waals surface area contributed by atoms with Crippen LogP contribution in [0.2, 0.25) is 0 Å². The number of esters is 1. The van der Waals surface area contributed by atoms with E-state index in [9.17, 15) is 14.0 Å². The highest BCUT2D eigenvalue weighted by Gasteiger charge is 2.24. The van der Waals surface area contributed by atoms with Crippen LogP contribution in [0.4, 0.5) is 4.39 Å². The Morgan fingerprint density at radius 2 is 1.77 bits per heavy atom. The normalized spacial score (nSPS) is 10.8. The fraction of sp³-hybridized carbons (Fsp3) is 0.0909. The molecule has 0 bridgehead atoms. The van der Waals surface area contributed by atoms with Gasteiger partial charge in [-0.2, -0.15) is 5.10 Å². The van der Waals surface area contributed by atoms with Crippen LogP contribution in [0.15, 0.2) is 60.8 Å². The molecule has 0 spiro atoms. The van der Waals surface area contributed by atoms with Gasteiger partial charge in [0, 0.05) is 5.56 Å². The smallest absolute Gasteiger partial charge is 0.356 e. The van der Waals surface area contributed by atoms with Crippen molar-refractivity contribution in [2.24, 2.45) is 0 Å². The molecular formula is C22H16FN3O4. The third kappa shape index (κ3) is 3.39. The van der Waals surface area contributed by atoms with Crippen LogP contribution < -0.4 is 4.74 Å². The number of benzene rings is 1. The van der Waals surface area contributed by atoms with Gasteiger partial charge >= 0.3 is 5.97 Å². The first-order valence-corrected chi connectivity index (χ1v) is 8.94. The number of carbonyl (C=O) groups excluding carboxylic acids is 2. The van der Waals surface area contributed by atoms with Crippen molar-refractivity contribution < 1.29 is 23.5 Å². The number of rotatable bonds is 5. The molecule has 4 rings (SSSR count). The maximum Gasteiger partial charge on any atom is 0.356 e. The van der Waals surface area contributed by atoms with Crippen molar-refractivity contribution in [2.75, 3.05) is 14.2 Å². The van der Waals surface area contributed by atoms with E-state index in [2.05, 4.69) is 14.8 Å². The SMILES string of the molecule is COC(=O)c1cccc(C(=O)c2c(-c3cccc(F)c3)nn3cc(OC)ccc23)n1. The number of fused-ring (bicyclic) bond motifs is 1. The van der Waals surface area contributed by atoms with Gasteiger partial charge in [0.15, 0.2) is 0 Å². The van der Waals surface area contributed by atoms with Gasteiger partial charge in [0.1, 0.15) is 28.6 Å². The zero-order valence-electron chi connectivity index (χ0n) is 16.1. The highest BCUT2D eigenvalue weighted by Crippen LogP contribution is 2.30. The predicted octanol–water partition coefficient (Wildman–Crippen LogP) is 3.56. The average molecular weight is 405 g/mol. The first kappa shape index (κ1) is 19.3. The zero-order chi connectivity index (χ0) is 21.3. The van der Waals surface area contributed by atoms with Crippen LogP contribution in [-0.4, -0.2) is 40.6 Å². The van der Waals surface area contributed by atoms with Crippen molar-refractivity contribution >= 4 is 17.3 Å². The summed E-state index contributed by atoms with van der Waals surface area (Å²) in [5, 5.41) is 4.48. The van der Waals surface area contributed by atoms with E-state index in [1.54, 1.807) is 36.5 Å². The number of pyridine rings is 2. The quantitative estimate of drug-likeness (QED) is 0.373. The molecule has 7 nitrogen and oxygen atoms in total. The molecule has 0 saturated carbocycles. The number of halogens is 1. The first-order valence-electron chi connectivity index (χ1n) is 8.94. The van der Waals surface area contributed by atoms with Crippen LogP contribution in [0.5, 0.6) is 5.75 Å². The maximum absolute atomic E-state index is 13.9. The lowest BCUT2D eigenvalue weighted by Gasteiger charge is -2.05. The van der Waals surface area contributed by atoms with Crippen LogP contribution >= 0.6 is 0 Å². The molecule has 0 aliphatic carbocycles. The minimum absolute atomic E-state index is 0.00815. The summed E-state index contributed by atoms with van der Waals surface area (Å²) >= 11 is 0. The monoisotopic (exact) mass is 405 g/mol. The number of hydrogen-bond acceptors (Lipinski definition) is 6. The summed E-state index contributed by atoms with van der Waals surface area (Å²) in [5.74, 6) is -1.02. The molecule has 4 aromatic rings. The first-order chi connectivity index (χ1) is 14.5. The third-order valence-corrected chi connectivity index (χ3v) is 4.54. The third-order valence-electron chi connectivity index (χ3n) is 4.54.